The van der Waals surface area contributed by atoms with Gasteiger partial charge in [0.25, 0.3) is 0 Å². The second kappa shape index (κ2) is 6.81. The van der Waals surface area contributed by atoms with Crippen molar-refractivity contribution >= 4 is 0 Å². The van der Waals surface area contributed by atoms with E-state index in [9.17, 15) is 8.78 Å². The highest BCUT2D eigenvalue weighted by Crippen LogP contribution is 2.25. The van der Waals surface area contributed by atoms with Crippen LogP contribution in [-0.2, 0) is 0 Å². The Morgan fingerprint density at radius 2 is 1.94 bits per heavy atom. The molecule has 0 heterocycles. The molecule has 18 heavy (non-hydrogen) atoms. The van der Waals surface area contributed by atoms with Crippen LogP contribution >= 0.6 is 0 Å². The molecule has 4 heteroatoms. The zero-order valence-electron chi connectivity index (χ0n) is 11.6. The average Bonchev–Trinajstić information content (AvgIpc) is 2.31. The Bertz CT molecular complexity index is 392. The number of rotatable bonds is 6. The fraction of sp³-hybridized carbons (Fsp3) is 0.571. The van der Waals surface area contributed by atoms with Gasteiger partial charge >= 0.3 is 0 Å². The van der Waals surface area contributed by atoms with Crippen molar-refractivity contribution in [3.63, 3.8) is 0 Å². The minimum Gasteiger partial charge on any atom is -0.310 e. The van der Waals surface area contributed by atoms with Gasteiger partial charge in [0.2, 0.25) is 0 Å². The van der Waals surface area contributed by atoms with E-state index in [0.717, 1.165) is 6.54 Å². The summed E-state index contributed by atoms with van der Waals surface area (Å²) < 4.78 is 27.9. The first kappa shape index (κ1) is 15.1. The Hall–Kier alpha value is -1.00. The van der Waals surface area contributed by atoms with Gasteiger partial charge in [-0.05, 0) is 52.2 Å². The molecule has 0 fully saturated rings. The largest absolute Gasteiger partial charge is 0.310 e. The van der Waals surface area contributed by atoms with Gasteiger partial charge in [-0.15, -0.1) is 0 Å². The lowest BCUT2D eigenvalue weighted by molar-refractivity contribution is 0.353. The maximum Gasteiger partial charge on any atom is 0.133 e. The molecule has 0 radical (unpaired) electrons. The average molecular weight is 256 g/mol. The normalized spacial score (nSPS) is 13.1. The van der Waals surface area contributed by atoms with E-state index in [0.29, 0.717) is 18.5 Å². The molecule has 0 aromatic heterocycles. The molecule has 1 N–H and O–H groups in total. The number of hydrogen-bond acceptors (Lipinski definition) is 2. The van der Waals surface area contributed by atoms with E-state index in [2.05, 4.69) is 5.32 Å². The predicted octanol–water partition coefficient (Wildman–Crippen LogP) is 2.88. The number of aryl methyl sites for hydroxylation is 1. The first-order chi connectivity index (χ1) is 8.47. The summed E-state index contributed by atoms with van der Waals surface area (Å²) >= 11 is 0. The number of benzene rings is 1. The molecular weight excluding hydrogens is 234 g/mol. The third-order valence-corrected chi connectivity index (χ3v) is 2.98. The summed E-state index contributed by atoms with van der Waals surface area (Å²) in [6.07, 6.45) is 0.679. The first-order valence-corrected chi connectivity index (χ1v) is 6.30. The van der Waals surface area contributed by atoms with Crippen molar-refractivity contribution in [1.82, 2.24) is 10.2 Å². The fourth-order valence-corrected chi connectivity index (χ4v) is 1.98. The van der Waals surface area contributed by atoms with E-state index < -0.39 is 11.6 Å². The summed E-state index contributed by atoms with van der Waals surface area (Å²) in [7, 11) is 3.90. The Labute approximate surface area is 108 Å². The van der Waals surface area contributed by atoms with Crippen LogP contribution in [0.2, 0.25) is 0 Å². The summed E-state index contributed by atoms with van der Waals surface area (Å²) in [4.78, 5) is 2.01. The number of nitrogens with one attached hydrogen (secondary N) is 1. The van der Waals surface area contributed by atoms with Gasteiger partial charge in [0, 0.05) is 11.6 Å². The summed E-state index contributed by atoms with van der Waals surface area (Å²) in [5.74, 6) is -0.900. The zero-order valence-corrected chi connectivity index (χ0v) is 11.6. The molecule has 0 aliphatic carbocycles. The highest BCUT2D eigenvalue weighted by Gasteiger charge is 2.20. The molecule has 102 valence electrons. The van der Waals surface area contributed by atoms with E-state index in [1.165, 1.54) is 12.1 Å². The van der Waals surface area contributed by atoms with Crippen LogP contribution in [0.25, 0.3) is 0 Å². The van der Waals surface area contributed by atoms with Gasteiger partial charge in [0.15, 0.2) is 0 Å². The van der Waals surface area contributed by atoms with Crippen LogP contribution in [0.15, 0.2) is 12.1 Å². The summed E-state index contributed by atoms with van der Waals surface area (Å²) in [5, 5.41) is 3.16. The van der Waals surface area contributed by atoms with E-state index in [1.807, 2.05) is 25.9 Å². The van der Waals surface area contributed by atoms with Crippen LogP contribution in [0.1, 0.15) is 30.5 Å². The Morgan fingerprint density at radius 3 is 2.50 bits per heavy atom. The van der Waals surface area contributed by atoms with E-state index in [1.54, 1.807) is 6.92 Å². The summed E-state index contributed by atoms with van der Waals surface area (Å²) in [5.41, 5.74) is 0.651. The predicted molar refractivity (Wildman–Crippen MR) is 70.7 cm³/mol. The second-order valence-corrected chi connectivity index (χ2v) is 4.79. The Kier molecular flexibility index (Phi) is 5.69. The molecule has 1 atom stereocenters. The van der Waals surface area contributed by atoms with Gasteiger partial charge in [-0.2, -0.15) is 0 Å². The maximum atomic E-state index is 14.1. The molecule has 0 aliphatic rings. The van der Waals surface area contributed by atoms with Gasteiger partial charge in [0.05, 0.1) is 0 Å². The monoisotopic (exact) mass is 256 g/mol. The molecule has 1 unspecified atom stereocenters. The van der Waals surface area contributed by atoms with Crippen molar-refractivity contribution in [3.05, 3.63) is 34.9 Å². The van der Waals surface area contributed by atoms with Crippen molar-refractivity contribution in [1.29, 1.82) is 0 Å². The molecule has 0 bridgehead atoms. The highest BCUT2D eigenvalue weighted by atomic mass is 19.1. The summed E-state index contributed by atoms with van der Waals surface area (Å²) in [6.45, 7) is 5.07. The van der Waals surface area contributed by atoms with Crippen LogP contribution in [-0.4, -0.2) is 32.1 Å². The third kappa shape index (κ3) is 3.75. The topological polar surface area (TPSA) is 15.3 Å². The van der Waals surface area contributed by atoms with Gasteiger partial charge in [-0.3, -0.25) is 0 Å². The van der Waals surface area contributed by atoms with Crippen LogP contribution in [0, 0.1) is 18.6 Å². The second-order valence-electron chi connectivity index (χ2n) is 4.79. The molecular formula is C14H22F2N2. The zero-order chi connectivity index (χ0) is 13.7. The lowest BCUT2D eigenvalue weighted by Gasteiger charge is -2.22. The van der Waals surface area contributed by atoms with Crippen molar-refractivity contribution < 1.29 is 8.78 Å². The molecule has 1 aromatic rings. The van der Waals surface area contributed by atoms with Crippen molar-refractivity contribution in [2.24, 2.45) is 0 Å². The van der Waals surface area contributed by atoms with Crippen LogP contribution < -0.4 is 5.32 Å². The Balaban J connectivity index is 3.01. The van der Waals surface area contributed by atoms with Crippen molar-refractivity contribution in [2.45, 2.75) is 26.3 Å². The van der Waals surface area contributed by atoms with E-state index in [4.69, 9.17) is 0 Å². The number of hydrogen-bond donors (Lipinski definition) is 1. The van der Waals surface area contributed by atoms with Crippen molar-refractivity contribution in [3.8, 4) is 0 Å². The fourth-order valence-electron chi connectivity index (χ4n) is 1.98. The van der Waals surface area contributed by atoms with E-state index in [-0.39, 0.29) is 11.6 Å². The molecule has 2 nitrogen and oxygen atoms in total. The molecule has 0 amide bonds. The smallest absolute Gasteiger partial charge is 0.133 e. The lowest BCUT2D eigenvalue weighted by atomic mass is 9.99. The third-order valence-electron chi connectivity index (χ3n) is 2.98. The maximum absolute atomic E-state index is 14.1. The molecule has 0 aliphatic heterocycles. The standard InChI is InChI=1S/C14H22F2N2/c1-5-17-12(8-9-18(3)4)13-11(15)7-6-10(2)14(13)16/h6-7,12,17H,5,8-9H2,1-4H3. The van der Waals surface area contributed by atoms with Crippen LogP contribution in [0.5, 0.6) is 0 Å². The van der Waals surface area contributed by atoms with Crippen LogP contribution in [0.3, 0.4) is 0 Å². The van der Waals surface area contributed by atoms with Crippen molar-refractivity contribution in [2.75, 3.05) is 27.2 Å². The number of nitrogens with zero attached hydrogens (tertiary/aromatic N) is 1. The van der Waals surface area contributed by atoms with Gasteiger partial charge < -0.3 is 10.2 Å². The van der Waals surface area contributed by atoms with Gasteiger partial charge in [-0.25, -0.2) is 8.78 Å². The first-order valence-electron chi connectivity index (χ1n) is 6.30. The minimum absolute atomic E-state index is 0.165. The lowest BCUT2D eigenvalue weighted by Crippen LogP contribution is -2.27. The Morgan fingerprint density at radius 1 is 1.28 bits per heavy atom. The van der Waals surface area contributed by atoms with Crippen LogP contribution in [0.4, 0.5) is 8.78 Å². The van der Waals surface area contributed by atoms with Gasteiger partial charge in [0.1, 0.15) is 11.6 Å². The molecule has 0 spiro atoms. The number of halogens is 2. The summed E-state index contributed by atoms with van der Waals surface area (Å²) in [6, 6.07) is 2.54. The van der Waals surface area contributed by atoms with Gasteiger partial charge in [-0.1, -0.05) is 13.0 Å². The molecule has 1 aromatic carbocycles. The quantitative estimate of drug-likeness (QED) is 0.842. The van der Waals surface area contributed by atoms with E-state index >= 15 is 0 Å². The molecule has 1 rings (SSSR count). The SMILES string of the molecule is CCNC(CCN(C)C)c1c(F)ccc(C)c1F. The minimum atomic E-state index is -0.470. The molecule has 0 saturated heterocycles. The molecule has 0 saturated carbocycles. The highest BCUT2D eigenvalue weighted by molar-refractivity contribution is 5.29.